The molecule has 0 radical (unpaired) electrons. The van der Waals surface area contributed by atoms with E-state index < -0.39 is 0 Å². The summed E-state index contributed by atoms with van der Waals surface area (Å²) in [6.07, 6.45) is 2.02. The predicted octanol–water partition coefficient (Wildman–Crippen LogP) is 4.40. The number of Topliss-reactive ketones (excluding diaryl/α,β-unsaturated/α-hetero) is 1. The number of carbonyl (C=O) groups excluding carboxylic acids is 1. The Balaban J connectivity index is 2.18. The minimum absolute atomic E-state index is 0.161. The van der Waals surface area contributed by atoms with E-state index in [0.717, 1.165) is 39.4 Å². The third-order valence-corrected chi connectivity index (χ3v) is 4.60. The molecular weight excluding hydrogens is 280 g/mol. The van der Waals surface area contributed by atoms with Gasteiger partial charge in [-0.1, -0.05) is 15.9 Å². The SMILES string of the molecule is Cc1cc2oc(C(=O)C3CC3)cc2c(C)c1Br. The van der Waals surface area contributed by atoms with Crippen LogP contribution in [-0.2, 0) is 0 Å². The molecular formula is C14H13BrO2. The van der Waals surface area contributed by atoms with Gasteiger partial charge < -0.3 is 4.42 Å². The Hall–Kier alpha value is -1.09. The first-order valence-corrected chi connectivity index (χ1v) is 6.60. The third-order valence-electron chi connectivity index (χ3n) is 3.38. The second kappa shape index (κ2) is 3.70. The maximum absolute atomic E-state index is 12.0. The van der Waals surface area contributed by atoms with Gasteiger partial charge in [0, 0.05) is 15.8 Å². The van der Waals surface area contributed by atoms with Gasteiger partial charge in [-0.15, -0.1) is 0 Å². The molecule has 0 spiro atoms. The fourth-order valence-electron chi connectivity index (χ4n) is 2.15. The van der Waals surface area contributed by atoms with Gasteiger partial charge in [0.2, 0.25) is 5.78 Å². The minimum atomic E-state index is 0.161. The van der Waals surface area contributed by atoms with Crippen LogP contribution < -0.4 is 0 Å². The second-order valence-electron chi connectivity index (χ2n) is 4.79. The molecule has 0 saturated heterocycles. The Bertz CT molecular complexity index is 621. The van der Waals surface area contributed by atoms with E-state index in [1.54, 1.807) is 0 Å². The van der Waals surface area contributed by atoms with Crippen LogP contribution in [-0.4, -0.2) is 5.78 Å². The van der Waals surface area contributed by atoms with Crippen molar-refractivity contribution in [1.82, 2.24) is 0 Å². The first kappa shape index (κ1) is 11.0. The van der Waals surface area contributed by atoms with Crippen molar-refractivity contribution in [1.29, 1.82) is 0 Å². The first-order valence-electron chi connectivity index (χ1n) is 5.81. The van der Waals surface area contributed by atoms with Crippen molar-refractivity contribution in [2.45, 2.75) is 26.7 Å². The molecule has 1 aliphatic carbocycles. The summed E-state index contributed by atoms with van der Waals surface area (Å²) in [5, 5.41) is 1.03. The number of hydrogen-bond donors (Lipinski definition) is 0. The van der Waals surface area contributed by atoms with Crippen molar-refractivity contribution >= 4 is 32.7 Å². The third kappa shape index (κ3) is 1.73. The Morgan fingerprint density at radius 1 is 1.35 bits per heavy atom. The number of aryl methyl sites for hydroxylation is 2. The monoisotopic (exact) mass is 292 g/mol. The average Bonchev–Trinajstić information content (AvgIpc) is 3.06. The fourth-order valence-corrected chi connectivity index (χ4v) is 2.48. The minimum Gasteiger partial charge on any atom is -0.453 e. The molecule has 0 bridgehead atoms. The maximum atomic E-state index is 12.0. The van der Waals surface area contributed by atoms with E-state index in [2.05, 4.69) is 15.9 Å². The molecule has 1 saturated carbocycles. The zero-order chi connectivity index (χ0) is 12.2. The van der Waals surface area contributed by atoms with Crippen molar-refractivity contribution < 1.29 is 9.21 Å². The lowest BCUT2D eigenvalue weighted by atomic mass is 10.1. The van der Waals surface area contributed by atoms with E-state index in [0.29, 0.717) is 5.76 Å². The number of fused-ring (bicyclic) bond motifs is 1. The normalized spacial score (nSPS) is 15.5. The molecule has 3 rings (SSSR count). The number of hydrogen-bond acceptors (Lipinski definition) is 2. The average molecular weight is 293 g/mol. The van der Waals surface area contributed by atoms with Crippen LogP contribution in [0, 0.1) is 19.8 Å². The van der Waals surface area contributed by atoms with E-state index in [1.807, 2.05) is 26.0 Å². The van der Waals surface area contributed by atoms with Crippen molar-refractivity contribution in [3.05, 3.63) is 33.5 Å². The summed E-state index contributed by atoms with van der Waals surface area (Å²) in [6, 6.07) is 3.87. The van der Waals surface area contributed by atoms with Gasteiger partial charge in [-0.05, 0) is 49.9 Å². The molecule has 1 aromatic carbocycles. The number of carbonyl (C=O) groups is 1. The molecule has 3 heteroatoms. The maximum Gasteiger partial charge on any atom is 0.201 e. The molecule has 1 heterocycles. The van der Waals surface area contributed by atoms with E-state index in [1.165, 1.54) is 0 Å². The number of benzene rings is 1. The molecule has 0 atom stereocenters. The lowest BCUT2D eigenvalue weighted by molar-refractivity contribution is 0.0942. The summed E-state index contributed by atoms with van der Waals surface area (Å²) in [4.78, 5) is 12.0. The summed E-state index contributed by atoms with van der Waals surface area (Å²) < 4.78 is 6.77. The zero-order valence-electron chi connectivity index (χ0n) is 9.84. The van der Waals surface area contributed by atoms with Crippen molar-refractivity contribution in [3.8, 4) is 0 Å². The highest BCUT2D eigenvalue weighted by molar-refractivity contribution is 9.10. The summed E-state index contributed by atoms with van der Waals surface area (Å²) in [7, 11) is 0. The Morgan fingerprint density at radius 2 is 2.06 bits per heavy atom. The quantitative estimate of drug-likeness (QED) is 0.768. The number of rotatable bonds is 2. The molecule has 88 valence electrons. The standard InChI is InChI=1S/C14H13BrO2/c1-7-5-11-10(8(2)13(7)15)6-12(17-11)14(16)9-3-4-9/h5-6,9H,3-4H2,1-2H3. The van der Waals surface area contributed by atoms with Crippen LogP contribution in [0.1, 0.15) is 34.5 Å². The fraction of sp³-hybridized carbons (Fsp3) is 0.357. The van der Waals surface area contributed by atoms with Crippen molar-refractivity contribution in [2.24, 2.45) is 5.92 Å². The lowest BCUT2D eigenvalue weighted by Crippen LogP contribution is -1.98. The Morgan fingerprint density at radius 3 is 2.71 bits per heavy atom. The highest BCUT2D eigenvalue weighted by Crippen LogP contribution is 2.36. The van der Waals surface area contributed by atoms with Crippen LogP contribution in [0.4, 0.5) is 0 Å². The summed E-state index contributed by atoms with van der Waals surface area (Å²) in [5.74, 6) is 0.887. The summed E-state index contributed by atoms with van der Waals surface area (Å²) in [5.41, 5.74) is 3.08. The summed E-state index contributed by atoms with van der Waals surface area (Å²) >= 11 is 3.56. The number of furan rings is 1. The Labute approximate surface area is 108 Å². The molecule has 17 heavy (non-hydrogen) atoms. The van der Waals surface area contributed by atoms with E-state index in [9.17, 15) is 4.79 Å². The molecule has 2 nitrogen and oxygen atoms in total. The topological polar surface area (TPSA) is 30.2 Å². The highest BCUT2D eigenvalue weighted by atomic mass is 79.9. The highest BCUT2D eigenvalue weighted by Gasteiger charge is 2.32. The van der Waals surface area contributed by atoms with Crippen molar-refractivity contribution in [3.63, 3.8) is 0 Å². The predicted molar refractivity (Wildman–Crippen MR) is 70.4 cm³/mol. The second-order valence-corrected chi connectivity index (χ2v) is 5.59. The van der Waals surface area contributed by atoms with Crippen LogP contribution in [0.2, 0.25) is 0 Å². The molecule has 1 aliphatic rings. The smallest absolute Gasteiger partial charge is 0.201 e. The lowest BCUT2D eigenvalue weighted by Gasteiger charge is -2.02. The molecule has 2 aromatic rings. The van der Waals surface area contributed by atoms with Crippen LogP contribution in [0.15, 0.2) is 21.0 Å². The van der Waals surface area contributed by atoms with Crippen LogP contribution in [0.5, 0.6) is 0 Å². The molecule has 0 aliphatic heterocycles. The molecule has 0 amide bonds. The van der Waals surface area contributed by atoms with Gasteiger partial charge in [0.15, 0.2) is 5.76 Å². The van der Waals surface area contributed by atoms with Crippen LogP contribution >= 0.6 is 15.9 Å². The van der Waals surface area contributed by atoms with Crippen molar-refractivity contribution in [2.75, 3.05) is 0 Å². The van der Waals surface area contributed by atoms with E-state index in [-0.39, 0.29) is 11.7 Å². The van der Waals surface area contributed by atoms with Gasteiger partial charge in [0.05, 0.1) is 0 Å². The number of ketones is 1. The van der Waals surface area contributed by atoms with Gasteiger partial charge in [-0.3, -0.25) is 4.79 Å². The largest absolute Gasteiger partial charge is 0.453 e. The van der Waals surface area contributed by atoms with E-state index >= 15 is 0 Å². The molecule has 1 fully saturated rings. The van der Waals surface area contributed by atoms with E-state index in [4.69, 9.17) is 4.42 Å². The number of halogens is 1. The van der Waals surface area contributed by atoms with Gasteiger partial charge in [0.25, 0.3) is 0 Å². The molecule has 0 unspecified atom stereocenters. The summed E-state index contributed by atoms with van der Waals surface area (Å²) in [6.45, 7) is 4.07. The molecule has 1 aromatic heterocycles. The Kier molecular flexibility index (Phi) is 2.40. The van der Waals surface area contributed by atoms with Crippen LogP contribution in [0.3, 0.4) is 0 Å². The zero-order valence-corrected chi connectivity index (χ0v) is 11.4. The van der Waals surface area contributed by atoms with Gasteiger partial charge in [-0.25, -0.2) is 0 Å². The molecule has 0 N–H and O–H groups in total. The first-order chi connectivity index (χ1) is 8.08. The van der Waals surface area contributed by atoms with Gasteiger partial charge >= 0.3 is 0 Å². The van der Waals surface area contributed by atoms with Crippen LogP contribution in [0.25, 0.3) is 11.0 Å². The van der Waals surface area contributed by atoms with Gasteiger partial charge in [0.1, 0.15) is 5.58 Å². The van der Waals surface area contributed by atoms with Gasteiger partial charge in [-0.2, -0.15) is 0 Å².